The van der Waals surface area contributed by atoms with Crippen molar-refractivity contribution in [2.24, 2.45) is 0 Å². The minimum Gasteiger partial charge on any atom is -0.383 e. The average Bonchev–Trinajstić information content (AvgIpc) is 2.61. The summed E-state index contributed by atoms with van der Waals surface area (Å²) in [6.07, 6.45) is 1.72. The molecule has 3 nitrogen and oxygen atoms in total. The summed E-state index contributed by atoms with van der Waals surface area (Å²) in [7, 11) is 0. The van der Waals surface area contributed by atoms with Crippen LogP contribution in [0.3, 0.4) is 0 Å². The second-order valence-corrected chi connectivity index (χ2v) is 5.03. The molecule has 0 unspecified atom stereocenters. The summed E-state index contributed by atoms with van der Waals surface area (Å²) >= 11 is 0. The summed E-state index contributed by atoms with van der Waals surface area (Å²) in [4.78, 5) is 0. The van der Waals surface area contributed by atoms with Gasteiger partial charge in [0.15, 0.2) is 0 Å². The standard InChI is InChI=1S/C13H16FN3/c1-13(2,3)17-12(15)11(8-16-17)9-4-6-10(14)7-5-9/h4-8H,15H2,1-3H3. The van der Waals surface area contributed by atoms with E-state index in [2.05, 4.69) is 5.10 Å². The lowest BCUT2D eigenvalue weighted by molar-refractivity contribution is 0.361. The summed E-state index contributed by atoms with van der Waals surface area (Å²) in [5, 5.41) is 4.28. The molecule has 2 aromatic rings. The molecule has 90 valence electrons. The molecule has 0 aliphatic rings. The number of halogens is 1. The van der Waals surface area contributed by atoms with Crippen LogP contribution < -0.4 is 5.73 Å². The number of hydrogen-bond donors (Lipinski definition) is 1. The SMILES string of the molecule is CC(C)(C)n1ncc(-c2ccc(F)cc2)c1N. The van der Waals surface area contributed by atoms with Gasteiger partial charge in [-0.25, -0.2) is 9.07 Å². The van der Waals surface area contributed by atoms with Crippen molar-refractivity contribution >= 4 is 5.82 Å². The Bertz CT molecular complexity index is 521. The highest BCUT2D eigenvalue weighted by molar-refractivity contribution is 5.73. The van der Waals surface area contributed by atoms with E-state index in [-0.39, 0.29) is 11.4 Å². The van der Waals surface area contributed by atoms with Crippen molar-refractivity contribution in [2.75, 3.05) is 5.73 Å². The van der Waals surface area contributed by atoms with Crippen LogP contribution in [-0.4, -0.2) is 9.78 Å². The predicted molar refractivity (Wildman–Crippen MR) is 67.0 cm³/mol. The molecule has 0 fully saturated rings. The zero-order valence-corrected chi connectivity index (χ0v) is 10.2. The van der Waals surface area contributed by atoms with Crippen LogP contribution in [0.5, 0.6) is 0 Å². The first-order valence-electron chi connectivity index (χ1n) is 5.49. The number of nitrogens with two attached hydrogens (primary N) is 1. The van der Waals surface area contributed by atoms with Gasteiger partial charge in [0.1, 0.15) is 11.6 Å². The van der Waals surface area contributed by atoms with Crippen molar-refractivity contribution in [3.05, 3.63) is 36.3 Å². The van der Waals surface area contributed by atoms with Gasteiger partial charge >= 0.3 is 0 Å². The number of nitrogen functional groups attached to an aromatic ring is 1. The molecule has 4 heteroatoms. The maximum absolute atomic E-state index is 12.8. The fourth-order valence-electron chi connectivity index (χ4n) is 1.74. The van der Waals surface area contributed by atoms with Crippen LogP contribution in [0.1, 0.15) is 20.8 Å². The molecule has 17 heavy (non-hydrogen) atoms. The first kappa shape index (κ1) is 11.6. The normalized spacial score (nSPS) is 11.8. The Morgan fingerprint density at radius 3 is 2.24 bits per heavy atom. The van der Waals surface area contributed by atoms with Gasteiger partial charge in [-0.1, -0.05) is 12.1 Å². The number of hydrogen-bond acceptors (Lipinski definition) is 2. The van der Waals surface area contributed by atoms with Gasteiger partial charge in [-0.15, -0.1) is 0 Å². The van der Waals surface area contributed by atoms with Crippen LogP contribution in [-0.2, 0) is 5.54 Å². The predicted octanol–water partition coefficient (Wildman–Crippen LogP) is 3.03. The van der Waals surface area contributed by atoms with E-state index < -0.39 is 0 Å². The summed E-state index contributed by atoms with van der Waals surface area (Å²) < 4.78 is 14.6. The third-order valence-corrected chi connectivity index (χ3v) is 2.60. The Kier molecular flexibility index (Phi) is 2.65. The topological polar surface area (TPSA) is 43.8 Å². The van der Waals surface area contributed by atoms with Gasteiger partial charge in [-0.05, 0) is 38.5 Å². The lowest BCUT2D eigenvalue weighted by Gasteiger charge is -2.21. The Balaban J connectivity index is 2.48. The summed E-state index contributed by atoms with van der Waals surface area (Å²) in [5.74, 6) is 0.347. The van der Waals surface area contributed by atoms with Crippen molar-refractivity contribution in [3.8, 4) is 11.1 Å². The lowest BCUT2D eigenvalue weighted by atomic mass is 10.1. The largest absolute Gasteiger partial charge is 0.383 e. The number of anilines is 1. The van der Waals surface area contributed by atoms with Crippen molar-refractivity contribution in [1.29, 1.82) is 0 Å². The van der Waals surface area contributed by atoms with E-state index in [1.165, 1.54) is 12.1 Å². The molecule has 0 aliphatic carbocycles. The fraction of sp³-hybridized carbons (Fsp3) is 0.308. The van der Waals surface area contributed by atoms with Crippen LogP contribution in [0, 0.1) is 5.82 Å². The monoisotopic (exact) mass is 233 g/mol. The molecule has 0 radical (unpaired) electrons. The third-order valence-electron chi connectivity index (χ3n) is 2.60. The minimum atomic E-state index is -0.254. The lowest BCUT2D eigenvalue weighted by Crippen LogP contribution is -2.24. The van der Waals surface area contributed by atoms with E-state index in [1.54, 1.807) is 23.0 Å². The van der Waals surface area contributed by atoms with Crippen molar-refractivity contribution < 1.29 is 4.39 Å². The fourth-order valence-corrected chi connectivity index (χ4v) is 1.74. The third kappa shape index (κ3) is 2.16. The maximum Gasteiger partial charge on any atom is 0.130 e. The van der Waals surface area contributed by atoms with Gasteiger partial charge in [-0.2, -0.15) is 5.10 Å². The van der Waals surface area contributed by atoms with E-state index in [0.717, 1.165) is 11.1 Å². The summed E-state index contributed by atoms with van der Waals surface area (Å²) in [5.41, 5.74) is 7.61. The molecule has 0 atom stereocenters. The molecule has 1 aromatic carbocycles. The molecule has 1 aromatic heterocycles. The number of nitrogens with zero attached hydrogens (tertiary/aromatic N) is 2. The Morgan fingerprint density at radius 2 is 1.76 bits per heavy atom. The van der Waals surface area contributed by atoms with Gasteiger partial charge < -0.3 is 5.73 Å². The van der Waals surface area contributed by atoms with E-state index in [0.29, 0.717) is 5.82 Å². The second kappa shape index (κ2) is 3.87. The second-order valence-electron chi connectivity index (χ2n) is 5.03. The number of rotatable bonds is 1. The summed E-state index contributed by atoms with van der Waals surface area (Å²) in [6.45, 7) is 6.10. The highest BCUT2D eigenvalue weighted by Crippen LogP contribution is 2.29. The Morgan fingerprint density at radius 1 is 1.18 bits per heavy atom. The molecular formula is C13H16FN3. The van der Waals surface area contributed by atoms with E-state index in [4.69, 9.17) is 5.73 Å². The van der Waals surface area contributed by atoms with Crippen molar-refractivity contribution in [3.63, 3.8) is 0 Å². The first-order valence-corrected chi connectivity index (χ1v) is 5.49. The van der Waals surface area contributed by atoms with Crippen molar-refractivity contribution in [1.82, 2.24) is 9.78 Å². The molecule has 2 N–H and O–H groups in total. The van der Waals surface area contributed by atoms with Crippen LogP contribution in [0.15, 0.2) is 30.5 Å². The van der Waals surface area contributed by atoms with Gasteiger partial charge in [0.2, 0.25) is 0 Å². The maximum atomic E-state index is 12.8. The van der Waals surface area contributed by atoms with Gasteiger partial charge in [0.25, 0.3) is 0 Å². The molecule has 1 heterocycles. The molecule has 0 aliphatic heterocycles. The van der Waals surface area contributed by atoms with E-state index >= 15 is 0 Å². The zero-order chi connectivity index (χ0) is 12.6. The van der Waals surface area contributed by atoms with E-state index in [9.17, 15) is 4.39 Å². The minimum absolute atomic E-state index is 0.164. The molecule has 0 saturated carbocycles. The number of benzene rings is 1. The van der Waals surface area contributed by atoms with E-state index in [1.807, 2.05) is 20.8 Å². The molecule has 2 rings (SSSR count). The van der Waals surface area contributed by atoms with Gasteiger partial charge in [0.05, 0.1) is 11.7 Å². The molecule has 0 spiro atoms. The first-order chi connectivity index (χ1) is 7.89. The highest BCUT2D eigenvalue weighted by Gasteiger charge is 2.19. The number of aromatic nitrogens is 2. The zero-order valence-electron chi connectivity index (χ0n) is 10.2. The van der Waals surface area contributed by atoms with Crippen LogP contribution in [0.2, 0.25) is 0 Å². The smallest absolute Gasteiger partial charge is 0.130 e. The highest BCUT2D eigenvalue weighted by atomic mass is 19.1. The Labute approximate surface area is 100 Å². The van der Waals surface area contributed by atoms with Gasteiger partial charge in [0, 0.05) is 5.56 Å². The molecule has 0 amide bonds. The quantitative estimate of drug-likeness (QED) is 0.822. The average molecular weight is 233 g/mol. The molecule has 0 bridgehead atoms. The van der Waals surface area contributed by atoms with Gasteiger partial charge in [-0.3, -0.25) is 0 Å². The van der Waals surface area contributed by atoms with Crippen LogP contribution in [0.4, 0.5) is 10.2 Å². The van der Waals surface area contributed by atoms with Crippen LogP contribution in [0.25, 0.3) is 11.1 Å². The Hall–Kier alpha value is -1.84. The summed E-state index contributed by atoms with van der Waals surface area (Å²) in [6, 6.07) is 6.25. The van der Waals surface area contributed by atoms with Crippen LogP contribution >= 0.6 is 0 Å². The molecule has 0 saturated heterocycles. The molecular weight excluding hydrogens is 217 g/mol. The van der Waals surface area contributed by atoms with Crippen molar-refractivity contribution in [2.45, 2.75) is 26.3 Å².